The lowest BCUT2D eigenvalue weighted by atomic mass is 10.1. The molecule has 1 unspecified atom stereocenters. The van der Waals surface area contributed by atoms with Crippen molar-refractivity contribution < 1.29 is 27.8 Å². The monoisotopic (exact) mass is 454 g/mol. The number of halogens is 3. The second-order valence-electron chi connectivity index (χ2n) is 6.11. The first kappa shape index (κ1) is 22.1. The zero-order chi connectivity index (χ0) is 21.6. The number of alkyl halides is 3. The van der Waals surface area contributed by atoms with E-state index in [9.17, 15) is 23.1 Å². The molecule has 1 amide bonds. The first-order valence-corrected chi connectivity index (χ1v) is 10.7. The normalized spacial score (nSPS) is 12.4. The number of rotatable bonds is 8. The highest BCUT2D eigenvalue weighted by Crippen LogP contribution is 2.27. The van der Waals surface area contributed by atoms with E-state index < -0.39 is 12.5 Å². The number of aliphatic hydroxyl groups is 1. The molecule has 0 saturated carbocycles. The molecule has 5 nitrogen and oxygen atoms in total. The lowest BCUT2D eigenvalue weighted by Crippen LogP contribution is -2.28. The molecular weight excluding hydrogens is 437 g/mol. The van der Waals surface area contributed by atoms with Crippen LogP contribution in [0.1, 0.15) is 27.7 Å². The Balaban J connectivity index is 1.57. The third-order valence-corrected chi connectivity index (χ3v) is 5.69. The van der Waals surface area contributed by atoms with E-state index in [0.717, 1.165) is 22.7 Å². The number of aliphatic hydroxyl groups excluding tert-OH is 1. The predicted octanol–water partition coefficient (Wildman–Crippen LogP) is 4.80. The Bertz CT molecular complexity index is 964. The van der Waals surface area contributed by atoms with E-state index in [-0.39, 0.29) is 18.2 Å². The number of ether oxygens (including phenoxy) is 1. The fourth-order valence-corrected chi connectivity index (χ4v) is 4.15. The molecule has 30 heavy (non-hydrogen) atoms. The summed E-state index contributed by atoms with van der Waals surface area (Å²) in [7, 11) is 0. The Labute approximate surface area is 178 Å². The molecule has 0 spiro atoms. The molecule has 0 bridgehead atoms. The van der Waals surface area contributed by atoms with Crippen LogP contribution < -0.4 is 10.1 Å². The Kier molecular flexibility index (Phi) is 7.35. The van der Waals surface area contributed by atoms with Gasteiger partial charge in [-0.15, -0.1) is 36.3 Å². The van der Waals surface area contributed by atoms with Crippen LogP contribution in [0.4, 0.5) is 13.2 Å². The van der Waals surface area contributed by atoms with Crippen molar-refractivity contribution in [2.24, 2.45) is 0 Å². The highest BCUT2D eigenvalue weighted by atomic mass is 32.2. The molecule has 0 saturated heterocycles. The maximum absolute atomic E-state index is 12.6. The molecule has 0 fully saturated rings. The minimum atomic E-state index is -4.78. The van der Waals surface area contributed by atoms with Crippen molar-refractivity contribution in [3.05, 3.63) is 76.2 Å². The van der Waals surface area contributed by atoms with E-state index in [1.165, 1.54) is 35.2 Å². The molecule has 1 aromatic heterocycles. The highest BCUT2D eigenvalue weighted by Gasteiger charge is 2.31. The standard InChI is InChI=1S/C20H17F3N2O3S2/c21-20(22,23)28-15-7-5-13(6-8-15)17(26)9-24-19(27)16-3-1-2-4-18(16)30-11-14-10-29-12-25-14/h1-8,10,12,17,26H,9,11H2,(H,24,27). The van der Waals surface area contributed by atoms with Crippen molar-refractivity contribution >= 4 is 29.0 Å². The zero-order valence-electron chi connectivity index (χ0n) is 15.4. The van der Waals surface area contributed by atoms with Gasteiger partial charge < -0.3 is 15.2 Å². The summed E-state index contributed by atoms with van der Waals surface area (Å²) in [5, 5.41) is 14.8. The van der Waals surface area contributed by atoms with Crippen molar-refractivity contribution in [2.75, 3.05) is 6.54 Å². The number of nitrogens with zero attached hydrogens (tertiary/aromatic N) is 1. The number of hydrogen-bond acceptors (Lipinski definition) is 6. The molecule has 1 atom stereocenters. The fourth-order valence-electron chi connectivity index (χ4n) is 2.53. The van der Waals surface area contributed by atoms with E-state index in [1.807, 2.05) is 17.5 Å². The van der Waals surface area contributed by atoms with Gasteiger partial charge in [-0.2, -0.15) is 0 Å². The summed E-state index contributed by atoms with van der Waals surface area (Å²) in [5.74, 6) is -0.107. The van der Waals surface area contributed by atoms with Crippen molar-refractivity contribution in [3.63, 3.8) is 0 Å². The Hall–Kier alpha value is -2.56. The van der Waals surface area contributed by atoms with Crippen LogP contribution in [0.3, 0.4) is 0 Å². The largest absolute Gasteiger partial charge is 0.573 e. The summed E-state index contributed by atoms with van der Waals surface area (Å²) >= 11 is 2.99. The highest BCUT2D eigenvalue weighted by molar-refractivity contribution is 7.98. The quantitative estimate of drug-likeness (QED) is 0.479. The number of nitrogens with one attached hydrogen (secondary N) is 1. The number of hydrogen-bond donors (Lipinski definition) is 2. The van der Waals surface area contributed by atoms with Crippen molar-refractivity contribution in [1.82, 2.24) is 10.3 Å². The van der Waals surface area contributed by atoms with Crippen LogP contribution >= 0.6 is 23.1 Å². The predicted molar refractivity (Wildman–Crippen MR) is 109 cm³/mol. The molecule has 2 N–H and O–H groups in total. The van der Waals surface area contributed by atoms with Gasteiger partial charge in [-0.3, -0.25) is 4.79 Å². The SMILES string of the molecule is O=C(NCC(O)c1ccc(OC(F)(F)F)cc1)c1ccccc1SCc1cscn1. The second kappa shape index (κ2) is 9.96. The van der Waals surface area contributed by atoms with Gasteiger partial charge in [0.15, 0.2) is 0 Å². The van der Waals surface area contributed by atoms with Crippen LogP contribution in [0.15, 0.2) is 64.3 Å². The number of carbonyl (C=O) groups excluding carboxylic acids is 1. The maximum atomic E-state index is 12.6. The van der Waals surface area contributed by atoms with Gasteiger partial charge in [-0.25, -0.2) is 4.98 Å². The molecule has 0 aliphatic rings. The Morgan fingerprint density at radius 3 is 2.60 bits per heavy atom. The minimum Gasteiger partial charge on any atom is -0.406 e. The van der Waals surface area contributed by atoms with Crippen LogP contribution in [0, 0.1) is 0 Å². The number of amides is 1. The lowest BCUT2D eigenvalue weighted by Gasteiger charge is -2.15. The lowest BCUT2D eigenvalue weighted by molar-refractivity contribution is -0.274. The summed E-state index contributed by atoms with van der Waals surface area (Å²) in [5.41, 5.74) is 3.50. The zero-order valence-corrected chi connectivity index (χ0v) is 17.1. The van der Waals surface area contributed by atoms with Crippen molar-refractivity contribution in [3.8, 4) is 5.75 Å². The first-order valence-electron chi connectivity index (χ1n) is 8.72. The third-order valence-electron chi connectivity index (χ3n) is 3.95. The number of thioether (sulfide) groups is 1. The number of benzene rings is 2. The summed E-state index contributed by atoms with van der Waals surface area (Å²) in [4.78, 5) is 17.6. The van der Waals surface area contributed by atoms with E-state index in [1.54, 1.807) is 17.6 Å². The van der Waals surface area contributed by atoms with E-state index in [0.29, 0.717) is 16.9 Å². The van der Waals surface area contributed by atoms with Crippen LogP contribution in [-0.2, 0) is 5.75 Å². The van der Waals surface area contributed by atoms with Crippen LogP contribution in [0.2, 0.25) is 0 Å². The fraction of sp³-hybridized carbons (Fsp3) is 0.200. The van der Waals surface area contributed by atoms with Crippen LogP contribution in [-0.4, -0.2) is 28.9 Å². The molecule has 3 aromatic rings. The second-order valence-corrected chi connectivity index (χ2v) is 7.84. The summed E-state index contributed by atoms with van der Waals surface area (Å²) in [6.45, 7) is -0.0939. The van der Waals surface area contributed by atoms with Crippen LogP contribution in [0.5, 0.6) is 5.75 Å². The van der Waals surface area contributed by atoms with Gasteiger partial charge in [0, 0.05) is 22.6 Å². The number of carbonyl (C=O) groups is 1. The molecule has 2 aromatic carbocycles. The first-order chi connectivity index (χ1) is 14.3. The van der Waals surface area contributed by atoms with Gasteiger partial charge in [0.25, 0.3) is 5.91 Å². The summed E-state index contributed by atoms with van der Waals surface area (Å²) in [6, 6.07) is 12.0. The average Bonchev–Trinajstić information content (AvgIpc) is 3.23. The summed E-state index contributed by atoms with van der Waals surface area (Å²) in [6.07, 6.45) is -5.86. The Morgan fingerprint density at radius 2 is 1.93 bits per heavy atom. The van der Waals surface area contributed by atoms with Gasteiger partial charge in [0.2, 0.25) is 0 Å². The maximum Gasteiger partial charge on any atom is 0.573 e. The van der Waals surface area contributed by atoms with Crippen molar-refractivity contribution in [2.45, 2.75) is 23.1 Å². The molecule has 0 aliphatic carbocycles. The molecule has 0 radical (unpaired) electrons. The van der Waals surface area contributed by atoms with E-state index >= 15 is 0 Å². The number of aromatic nitrogens is 1. The smallest absolute Gasteiger partial charge is 0.406 e. The molecular formula is C20H17F3N2O3S2. The van der Waals surface area contributed by atoms with Crippen LogP contribution in [0.25, 0.3) is 0 Å². The van der Waals surface area contributed by atoms with Gasteiger partial charge in [0.1, 0.15) is 5.75 Å². The van der Waals surface area contributed by atoms with Gasteiger partial charge in [-0.1, -0.05) is 24.3 Å². The molecule has 3 rings (SSSR count). The molecule has 0 aliphatic heterocycles. The molecule has 158 valence electrons. The van der Waals surface area contributed by atoms with E-state index in [4.69, 9.17) is 0 Å². The third kappa shape index (κ3) is 6.48. The van der Waals surface area contributed by atoms with Gasteiger partial charge in [-0.05, 0) is 29.8 Å². The van der Waals surface area contributed by atoms with Gasteiger partial charge >= 0.3 is 6.36 Å². The van der Waals surface area contributed by atoms with Gasteiger partial charge in [0.05, 0.1) is 22.9 Å². The Morgan fingerprint density at radius 1 is 1.20 bits per heavy atom. The summed E-state index contributed by atoms with van der Waals surface area (Å²) < 4.78 is 40.4. The van der Waals surface area contributed by atoms with Crippen molar-refractivity contribution in [1.29, 1.82) is 0 Å². The number of thiazole rings is 1. The molecule has 1 heterocycles. The van der Waals surface area contributed by atoms with E-state index in [2.05, 4.69) is 15.0 Å². The minimum absolute atomic E-state index is 0.0939. The molecule has 10 heteroatoms. The topological polar surface area (TPSA) is 71.5 Å². The average molecular weight is 454 g/mol.